The summed E-state index contributed by atoms with van der Waals surface area (Å²) in [6.07, 6.45) is 2.08. The molecule has 1 aromatic heterocycles. The minimum Gasteiger partial charge on any atom is -0.486 e. The van der Waals surface area contributed by atoms with Gasteiger partial charge in [0, 0.05) is 22.9 Å². The average molecular weight is 342 g/mol. The second-order valence-electron chi connectivity index (χ2n) is 4.62. The second kappa shape index (κ2) is 6.92. The Morgan fingerprint density at radius 2 is 1.95 bits per heavy atom. The summed E-state index contributed by atoms with van der Waals surface area (Å²) in [7, 11) is 0. The Hall–Kier alpha value is -0.880. The van der Waals surface area contributed by atoms with E-state index in [4.69, 9.17) is 21.1 Å². The SMILES string of the molecule is CSc1cc2c(cc1CNCc1ccc(Cl)s1)OCCO2. The fourth-order valence-electron chi connectivity index (χ4n) is 2.21. The molecular formula is C15H16ClNO2S2. The smallest absolute Gasteiger partial charge is 0.162 e. The molecule has 21 heavy (non-hydrogen) atoms. The number of halogens is 1. The predicted molar refractivity (Wildman–Crippen MR) is 89.1 cm³/mol. The molecule has 0 radical (unpaired) electrons. The number of rotatable bonds is 5. The van der Waals surface area contributed by atoms with E-state index in [0.717, 1.165) is 28.9 Å². The van der Waals surface area contributed by atoms with Crippen LogP contribution in [0.15, 0.2) is 29.2 Å². The van der Waals surface area contributed by atoms with E-state index in [9.17, 15) is 0 Å². The van der Waals surface area contributed by atoms with Crippen LogP contribution in [0.2, 0.25) is 4.34 Å². The zero-order valence-corrected chi connectivity index (χ0v) is 14.0. The molecule has 1 aliphatic heterocycles. The van der Waals surface area contributed by atoms with Crippen molar-refractivity contribution < 1.29 is 9.47 Å². The summed E-state index contributed by atoms with van der Waals surface area (Å²) in [5.41, 5.74) is 1.23. The third-order valence-corrected chi connectivity index (χ3v) is 5.24. The Bertz CT molecular complexity index is 630. The Morgan fingerprint density at radius 1 is 1.19 bits per heavy atom. The van der Waals surface area contributed by atoms with Crippen molar-refractivity contribution in [1.29, 1.82) is 0 Å². The van der Waals surface area contributed by atoms with Crippen molar-refractivity contribution in [2.75, 3.05) is 19.5 Å². The van der Waals surface area contributed by atoms with Gasteiger partial charge in [-0.05, 0) is 36.1 Å². The first kappa shape index (κ1) is 15.0. The Balaban J connectivity index is 1.69. The topological polar surface area (TPSA) is 30.5 Å². The summed E-state index contributed by atoms with van der Waals surface area (Å²) in [4.78, 5) is 2.46. The lowest BCUT2D eigenvalue weighted by Gasteiger charge is -2.20. The van der Waals surface area contributed by atoms with Gasteiger partial charge in [-0.1, -0.05) is 11.6 Å². The average Bonchev–Trinajstić information content (AvgIpc) is 2.92. The summed E-state index contributed by atoms with van der Waals surface area (Å²) in [5, 5.41) is 3.45. The van der Waals surface area contributed by atoms with Gasteiger partial charge in [-0.2, -0.15) is 0 Å². The Kier molecular flexibility index (Phi) is 4.95. The highest BCUT2D eigenvalue weighted by molar-refractivity contribution is 7.98. The highest BCUT2D eigenvalue weighted by Gasteiger charge is 2.15. The van der Waals surface area contributed by atoms with E-state index < -0.39 is 0 Å². The third kappa shape index (κ3) is 3.66. The molecule has 0 saturated heterocycles. The van der Waals surface area contributed by atoms with Crippen LogP contribution in [0.3, 0.4) is 0 Å². The van der Waals surface area contributed by atoms with E-state index >= 15 is 0 Å². The van der Waals surface area contributed by atoms with E-state index in [2.05, 4.69) is 29.8 Å². The van der Waals surface area contributed by atoms with Crippen molar-refractivity contribution in [2.45, 2.75) is 18.0 Å². The summed E-state index contributed by atoms with van der Waals surface area (Å²) in [6.45, 7) is 2.85. The van der Waals surface area contributed by atoms with Crippen molar-refractivity contribution >= 4 is 34.7 Å². The monoisotopic (exact) mass is 341 g/mol. The number of thiophene rings is 1. The molecular weight excluding hydrogens is 326 g/mol. The van der Waals surface area contributed by atoms with Crippen LogP contribution in [-0.4, -0.2) is 19.5 Å². The molecule has 0 saturated carbocycles. The zero-order chi connectivity index (χ0) is 14.7. The van der Waals surface area contributed by atoms with Crippen LogP contribution in [0.5, 0.6) is 11.5 Å². The van der Waals surface area contributed by atoms with E-state index in [0.29, 0.717) is 13.2 Å². The standard InChI is InChI=1S/C15H16ClNO2S2/c1-20-14-7-13-12(18-4-5-19-13)6-10(14)8-17-9-11-2-3-15(16)21-11/h2-3,6-7,17H,4-5,8-9H2,1H3. The molecule has 0 unspecified atom stereocenters. The fourth-order valence-corrected chi connectivity index (χ4v) is 3.88. The van der Waals surface area contributed by atoms with Gasteiger partial charge in [-0.3, -0.25) is 0 Å². The van der Waals surface area contributed by atoms with Crippen LogP contribution >= 0.6 is 34.7 Å². The summed E-state index contributed by atoms with van der Waals surface area (Å²) >= 11 is 9.27. The molecule has 112 valence electrons. The maximum absolute atomic E-state index is 5.94. The van der Waals surface area contributed by atoms with Crippen molar-refractivity contribution in [3.05, 3.63) is 39.0 Å². The minimum absolute atomic E-state index is 0.617. The normalized spacial score (nSPS) is 13.4. The first-order valence-corrected chi connectivity index (χ1v) is 9.09. The highest BCUT2D eigenvalue weighted by atomic mass is 35.5. The zero-order valence-electron chi connectivity index (χ0n) is 11.6. The lowest BCUT2D eigenvalue weighted by molar-refractivity contribution is 0.171. The van der Waals surface area contributed by atoms with Gasteiger partial charge in [0.25, 0.3) is 0 Å². The van der Waals surface area contributed by atoms with Crippen LogP contribution in [-0.2, 0) is 13.1 Å². The van der Waals surface area contributed by atoms with E-state index in [1.54, 1.807) is 23.1 Å². The number of nitrogens with one attached hydrogen (secondary N) is 1. The molecule has 1 aromatic carbocycles. The van der Waals surface area contributed by atoms with Gasteiger partial charge in [0.05, 0.1) is 4.34 Å². The molecule has 6 heteroatoms. The first-order valence-electron chi connectivity index (χ1n) is 6.67. The molecule has 3 rings (SSSR count). The summed E-state index contributed by atoms with van der Waals surface area (Å²) < 4.78 is 12.1. The van der Waals surface area contributed by atoms with Crippen LogP contribution in [0, 0.1) is 0 Å². The number of fused-ring (bicyclic) bond motifs is 1. The quantitative estimate of drug-likeness (QED) is 0.826. The largest absolute Gasteiger partial charge is 0.486 e. The molecule has 0 amide bonds. The maximum atomic E-state index is 5.94. The Labute approximate surface area is 137 Å². The van der Waals surface area contributed by atoms with Gasteiger partial charge in [0.2, 0.25) is 0 Å². The van der Waals surface area contributed by atoms with Crippen LogP contribution < -0.4 is 14.8 Å². The van der Waals surface area contributed by atoms with Crippen molar-refractivity contribution in [2.24, 2.45) is 0 Å². The van der Waals surface area contributed by atoms with Gasteiger partial charge in [-0.15, -0.1) is 23.1 Å². The molecule has 0 bridgehead atoms. The molecule has 2 aromatic rings. The summed E-state index contributed by atoms with van der Waals surface area (Å²) in [5.74, 6) is 1.69. The number of thioether (sulfide) groups is 1. The van der Waals surface area contributed by atoms with Gasteiger partial charge in [0.15, 0.2) is 11.5 Å². The molecule has 0 fully saturated rings. The van der Waals surface area contributed by atoms with Gasteiger partial charge < -0.3 is 14.8 Å². The van der Waals surface area contributed by atoms with Crippen molar-refractivity contribution in [3.8, 4) is 11.5 Å². The van der Waals surface area contributed by atoms with Crippen molar-refractivity contribution in [3.63, 3.8) is 0 Å². The molecule has 0 aliphatic carbocycles. The second-order valence-corrected chi connectivity index (χ2v) is 7.26. The fraction of sp³-hybridized carbons (Fsp3) is 0.333. The summed E-state index contributed by atoms with van der Waals surface area (Å²) in [6, 6.07) is 8.13. The van der Waals surface area contributed by atoms with Gasteiger partial charge in [0.1, 0.15) is 13.2 Å². The molecule has 1 aliphatic rings. The molecule has 1 N–H and O–H groups in total. The lowest BCUT2D eigenvalue weighted by Crippen LogP contribution is -2.17. The third-order valence-electron chi connectivity index (χ3n) is 3.19. The van der Waals surface area contributed by atoms with Crippen LogP contribution in [0.25, 0.3) is 0 Å². The van der Waals surface area contributed by atoms with E-state index in [1.165, 1.54) is 15.3 Å². The van der Waals surface area contributed by atoms with Gasteiger partial charge in [-0.25, -0.2) is 0 Å². The number of ether oxygens (including phenoxy) is 2. The Morgan fingerprint density at radius 3 is 2.62 bits per heavy atom. The first-order chi connectivity index (χ1) is 10.3. The predicted octanol–water partition coefficient (Wildman–Crippen LogP) is 4.18. The van der Waals surface area contributed by atoms with Crippen molar-refractivity contribution in [1.82, 2.24) is 5.32 Å². The minimum atomic E-state index is 0.617. The number of benzene rings is 1. The molecule has 0 atom stereocenters. The number of hydrogen-bond donors (Lipinski definition) is 1. The molecule has 0 spiro atoms. The molecule has 3 nitrogen and oxygen atoms in total. The van der Waals surface area contributed by atoms with Crippen LogP contribution in [0.1, 0.15) is 10.4 Å². The van der Waals surface area contributed by atoms with Crippen LogP contribution in [0.4, 0.5) is 0 Å². The lowest BCUT2D eigenvalue weighted by atomic mass is 10.2. The van der Waals surface area contributed by atoms with E-state index in [-0.39, 0.29) is 0 Å². The van der Waals surface area contributed by atoms with E-state index in [1.807, 2.05) is 6.07 Å². The molecule has 2 heterocycles. The van der Waals surface area contributed by atoms with Gasteiger partial charge >= 0.3 is 0 Å². The number of hydrogen-bond acceptors (Lipinski definition) is 5. The highest BCUT2D eigenvalue weighted by Crippen LogP contribution is 2.36. The maximum Gasteiger partial charge on any atom is 0.162 e.